The third kappa shape index (κ3) is 2.40. The Kier molecular flexibility index (Phi) is 3.14. The zero-order chi connectivity index (χ0) is 13.3. The molecule has 4 nitrogen and oxygen atoms in total. The number of hydrogen-bond donors (Lipinski definition) is 1. The molecule has 1 heterocycles. The van der Waals surface area contributed by atoms with E-state index < -0.39 is 5.91 Å². The summed E-state index contributed by atoms with van der Waals surface area (Å²) in [6.45, 7) is 1.93. The Labute approximate surface area is 104 Å². The van der Waals surface area contributed by atoms with E-state index in [1.165, 1.54) is 12.1 Å². The smallest absolute Gasteiger partial charge is 0.236 e. The van der Waals surface area contributed by atoms with E-state index in [2.05, 4.69) is 4.98 Å². The minimum Gasteiger partial charge on any atom is -0.368 e. The first-order valence-electron chi connectivity index (χ1n) is 5.53. The molecule has 0 fully saturated rings. The average Bonchev–Trinajstić information content (AvgIpc) is 2.27. The predicted molar refractivity (Wildman–Crippen MR) is 68.9 cm³/mol. The number of carbonyl (C=O) groups excluding carboxylic acids is 1. The molecular formula is C13H14FN3O. The van der Waals surface area contributed by atoms with Crippen molar-refractivity contribution in [2.75, 3.05) is 18.5 Å². The van der Waals surface area contributed by atoms with Crippen LogP contribution in [0.1, 0.15) is 5.69 Å². The second-order valence-corrected chi connectivity index (χ2v) is 4.27. The lowest BCUT2D eigenvalue weighted by Crippen LogP contribution is -2.30. The number of carbonyl (C=O) groups is 1. The molecule has 1 amide bonds. The van der Waals surface area contributed by atoms with Crippen molar-refractivity contribution in [3.8, 4) is 0 Å². The van der Waals surface area contributed by atoms with Crippen LogP contribution in [0.2, 0.25) is 0 Å². The first kappa shape index (κ1) is 12.3. The highest BCUT2D eigenvalue weighted by Crippen LogP contribution is 2.26. The lowest BCUT2D eigenvalue weighted by Gasteiger charge is -2.19. The molecule has 1 aromatic carbocycles. The summed E-state index contributed by atoms with van der Waals surface area (Å²) >= 11 is 0. The molecule has 0 unspecified atom stereocenters. The number of benzene rings is 1. The zero-order valence-corrected chi connectivity index (χ0v) is 10.3. The molecule has 0 aliphatic rings. The molecule has 0 saturated carbocycles. The highest BCUT2D eigenvalue weighted by atomic mass is 19.1. The molecule has 94 valence electrons. The van der Waals surface area contributed by atoms with Crippen LogP contribution in [0.15, 0.2) is 24.3 Å². The van der Waals surface area contributed by atoms with E-state index in [0.29, 0.717) is 10.9 Å². The van der Waals surface area contributed by atoms with Crippen molar-refractivity contribution in [1.29, 1.82) is 0 Å². The lowest BCUT2D eigenvalue weighted by molar-refractivity contribution is -0.116. The molecule has 0 aliphatic heterocycles. The number of primary amides is 1. The summed E-state index contributed by atoms with van der Waals surface area (Å²) in [4.78, 5) is 17.0. The first-order chi connectivity index (χ1) is 8.47. The summed E-state index contributed by atoms with van der Waals surface area (Å²) in [5, 5.41) is 0.671. The van der Waals surface area contributed by atoms with Crippen LogP contribution in [0.4, 0.5) is 10.1 Å². The molecule has 0 bridgehead atoms. The van der Waals surface area contributed by atoms with E-state index in [9.17, 15) is 9.18 Å². The number of halogens is 1. The highest BCUT2D eigenvalue weighted by Gasteiger charge is 2.11. The number of rotatable bonds is 3. The lowest BCUT2D eigenvalue weighted by atomic mass is 10.1. The molecule has 2 aromatic rings. The van der Waals surface area contributed by atoms with Gasteiger partial charge in [-0.2, -0.15) is 0 Å². The van der Waals surface area contributed by atoms with Gasteiger partial charge in [0.25, 0.3) is 0 Å². The zero-order valence-electron chi connectivity index (χ0n) is 10.3. The van der Waals surface area contributed by atoms with Crippen LogP contribution in [0, 0.1) is 12.7 Å². The van der Waals surface area contributed by atoms with E-state index in [0.717, 1.165) is 11.4 Å². The quantitative estimate of drug-likeness (QED) is 0.896. The number of pyridine rings is 1. The Morgan fingerprint density at radius 1 is 1.44 bits per heavy atom. The largest absolute Gasteiger partial charge is 0.368 e. The van der Waals surface area contributed by atoms with Crippen LogP contribution >= 0.6 is 0 Å². The molecule has 5 heteroatoms. The summed E-state index contributed by atoms with van der Waals surface area (Å²) in [5.74, 6) is -0.765. The third-order valence-corrected chi connectivity index (χ3v) is 2.68. The Hall–Kier alpha value is -2.17. The average molecular weight is 247 g/mol. The second kappa shape index (κ2) is 4.60. The van der Waals surface area contributed by atoms with Crippen LogP contribution in [0.25, 0.3) is 10.9 Å². The molecule has 2 rings (SSSR count). The monoisotopic (exact) mass is 247 g/mol. The van der Waals surface area contributed by atoms with Gasteiger partial charge in [-0.05, 0) is 31.2 Å². The number of likely N-dealkylation sites (N-methyl/N-ethyl adjacent to an activating group) is 1. The summed E-state index contributed by atoms with van der Waals surface area (Å²) in [6.07, 6.45) is 0. The number of fused-ring (bicyclic) bond motifs is 1. The number of nitrogens with two attached hydrogens (primary N) is 1. The molecule has 2 N–H and O–H groups in total. The minimum atomic E-state index is -0.434. The van der Waals surface area contributed by atoms with Crippen LogP contribution < -0.4 is 10.6 Å². The van der Waals surface area contributed by atoms with E-state index in [-0.39, 0.29) is 12.4 Å². The van der Waals surface area contributed by atoms with Gasteiger partial charge in [0.2, 0.25) is 5.91 Å². The van der Waals surface area contributed by atoms with Gasteiger partial charge in [0.1, 0.15) is 5.82 Å². The van der Waals surface area contributed by atoms with Gasteiger partial charge in [0.15, 0.2) is 0 Å². The van der Waals surface area contributed by atoms with Crippen molar-refractivity contribution in [3.05, 3.63) is 35.8 Å². The standard InChI is InChI=1S/C13H14FN3O/c1-8-5-12(17(2)7-13(15)18)10-6-9(14)3-4-11(10)16-8/h3-6H,7H2,1-2H3,(H2,15,18). The van der Waals surface area contributed by atoms with Gasteiger partial charge in [-0.1, -0.05) is 0 Å². The van der Waals surface area contributed by atoms with E-state index in [4.69, 9.17) is 5.73 Å². The van der Waals surface area contributed by atoms with E-state index >= 15 is 0 Å². The maximum Gasteiger partial charge on any atom is 0.236 e. The summed E-state index contributed by atoms with van der Waals surface area (Å²) in [7, 11) is 1.74. The van der Waals surface area contributed by atoms with Crippen molar-refractivity contribution in [2.24, 2.45) is 5.73 Å². The molecule has 0 radical (unpaired) electrons. The maximum atomic E-state index is 13.3. The van der Waals surface area contributed by atoms with Crippen molar-refractivity contribution < 1.29 is 9.18 Å². The number of anilines is 1. The fraction of sp³-hybridized carbons (Fsp3) is 0.231. The van der Waals surface area contributed by atoms with Gasteiger partial charge in [-0.3, -0.25) is 9.78 Å². The van der Waals surface area contributed by atoms with Gasteiger partial charge in [0, 0.05) is 23.8 Å². The molecule has 0 spiro atoms. The molecule has 0 aliphatic carbocycles. The topological polar surface area (TPSA) is 59.2 Å². The normalized spacial score (nSPS) is 10.6. The highest BCUT2D eigenvalue weighted by molar-refractivity contribution is 5.93. The van der Waals surface area contributed by atoms with E-state index in [1.807, 2.05) is 13.0 Å². The fourth-order valence-electron chi connectivity index (χ4n) is 1.94. The van der Waals surface area contributed by atoms with Gasteiger partial charge in [0.05, 0.1) is 12.1 Å². The van der Waals surface area contributed by atoms with Gasteiger partial charge in [-0.25, -0.2) is 4.39 Å². The maximum absolute atomic E-state index is 13.3. The summed E-state index contributed by atoms with van der Waals surface area (Å²) in [5.41, 5.74) is 7.42. The third-order valence-electron chi connectivity index (χ3n) is 2.68. The number of amides is 1. The van der Waals surface area contributed by atoms with Crippen LogP contribution in [-0.4, -0.2) is 24.5 Å². The van der Waals surface area contributed by atoms with Crippen molar-refractivity contribution in [2.45, 2.75) is 6.92 Å². The first-order valence-corrected chi connectivity index (χ1v) is 5.53. The van der Waals surface area contributed by atoms with Crippen LogP contribution in [-0.2, 0) is 4.79 Å². The Balaban J connectivity index is 2.60. The summed E-state index contributed by atoms with van der Waals surface area (Å²) < 4.78 is 13.3. The van der Waals surface area contributed by atoms with E-state index in [1.54, 1.807) is 18.0 Å². The fourth-order valence-corrected chi connectivity index (χ4v) is 1.94. The number of nitrogens with zero attached hydrogens (tertiary/aromatic N) is 2. The second-order valence-electron chi connectivity index (χ2n) is 4.27. The Morgan fingerprint density at radius 2 is 2.17 bits per heavy atom. The Bertz CT molecular complexity index is 612. The SMILES string of the molecule is Cc1cc(N(C)CC(N)=O)c2cc(F)ccc2n1. The molecule has 18 heavy (non-hydrogen) atoms. The number of aryl methyl sites for hydroxylation is 1. The number of hydrogen-bond acceptors (Lipinski definition) is 3. The molecule has 1 aromatic heterocycles. The molecule has 0 atom stereocenters. The summed E-state index contributed by atoms with van der Waals surface area (Å²) in [6, 6.07) is 6.21. The van der Waals surface area contributed by atoms with Gasteiger partial charge < -0.3 is 10.6 Å². The molecule has 0 saturated heterocycles. The van der Waals surface area contributed by atoms with Crippen molar-refractivity contribution in [1.82, 2.24) is 4.98 Å². The van der Waals surface area contributed by atoms with Crippen LogP contribution in [0.5, 0.6) is 0 Å². The predicted octanol–water partition coefficient (Wildman–Crippen LogP) is 1.60. The van der Waals surface area contributed by atoms with Crippen molar-refractivity contribution >= 4 is 22.5 Å². The van der Waals surface area contributed by atoms with Gasteiger partial charge >= 0.3 is 0 Å². The van der Waals surface area contributed by atoms with Crippen molar-refractivity contribution in [3.63, 3.8) is 0 Å². The number of aromatic nitrogens is 1. The van der Waals surface area contributed by atoms with Gasteiger partial charge in [-0.15, -0.1) is 0 Å². The van der Waals surface area contributed by atoms with Crippen LogP contribution in [0.3, 0.4) is 0 Å². The minimum absolute atomic E-state index is 0.0784. The Morgan fingerprint density at radius 3 is 2.83 bits per heavy atom. The molecular weight excluding hydrogens is 233 g/mol.